The molecule has 1 aromatic carbocycles. The Bertz CT molecular complexity index is 600. The van der Waals surface area contributed by atoms with Crippen molar-refractivity contribution in [2.45, 2.75) is 82.9 Å². The molecule has 1 N–H and O–H groups in total. The molecule has 0 radical (unpaired) electrons. The molecule has 2 aliphatic carbocycles. The number of alkyl halides is 1. The lowest BCUT2D eigenvalue weighted by molar-refractivity contribution is 0.0695. The van der Waals surface area contributed by atoms with Crippen LogP contribution in [0, 0.1) is 31.6 Å². The maximum absolute atomic E-state index is 11.4. The number of carboxylic acid groups (broad SMARTS) is 1. The van der Waals surface area contributed by atoms with Gasteiger partial charge in [0.1, 0.15) is 0 Å². The molecular formula is C23H33BrO2. The van der Waals surface area contributed by atoms with Gasteiger partial charge in [0.15, 0.2) is 0 Å². The fraction of sp³-hybridized carbons (Fsp3) is 0.696. The lowest BCUT2D eigenvalue weighted by atomic mass is 9.73. The number of rotatable bonds is 5. The topological polar surface area (TPSA) is 37.3 Å². The van der Waals surface area contributed by atoms with E-state index in [1.807, 2.05) is 13.8 Å². The van der Waals surface area contributed by atoms with Gasteiger partial charge in [-0.15, -0.1) is 0 Å². The first-order valence-electron chi connectivity index (χ1n) is 10.4. The highest BCUT2D eigenvalue weighted by molar-refractivity contribution is 9.09. The molecule has 1 aromatic rings. The summed E-state index contributed by atoms with van der Waals surface area (Å²) in [5, 5.41) is 9.33. The Balaban J connectivity index is 1.49. The Labute approximate surface area is 166 Å². The zero-order valence-corrected chi connectivity index (χ0v) is 17.9. The van der Waals surface area contributed by atoms with Crippen LogP contribution in [0.3, 0.4) is 0 Å². The highest BCUT2D eigenvalue weighted by atomic mass is 79.9. The van der Waals surface area contributed by atoms with Crippen molar-refractivity contribution < 1.29 is 9.90 Å². The standard InChI is InChI=1S/C23H33BrO2/c1-15-11-20(12-16(2)22(15)23(25)26)14-18-5-3-17(4-6-18)13-19-7-9-21(24)10-8-19/h11-12,17-19,21H,3-10,13-14H2,1-2H3,(H,25,26). The molecule has 3 heteroatoms. The maximum Gasteiger partial charge on any atom is 0.336 e. The largest absolute Gasteiger partial charge is 0.478 e. The molecule has 0 heterocycles. The molecule has 0 unspecified atom stereocenters. The third-order valence-corrected chi connectivity index (χ3v) is 7.66. The van der Waals surface area contributed by atoms with Crippen molar-refractivity contribution in [3.8, 4) is 0 Å². The van der Waals surface area contributed by atoms with Crippen molar-refractivity contribution in [2.75, 3.05) is 0 Å². The molecule has 26 heavy (non-hydrogen) atoms. The van der Waals surface area contributed by atoms with Gasteiger partial charge >= 0.3 is 5.97 Å². The van der Waals surface area contributed by atoms with Crippen LogP contribution in [0.2, 0.25) is 0 Å². The summed E-state index contributed by atoms with van der Waals surface area (Å²) in [6, 6.07) is 4.20. The van der Waals surface area contributed by atoms with E-state index in [2.05, 4.69) is 28.1 Å². The highest BCUT2D eigenvalue weighted by Gasteiger charge is 2.26. The number of benzene rings is 1. The Hall–Kier alpha value is -0.830. The lowest BCUT2D eigenvalue weighted by Crippen LogP contribution is -2.21. The van der Waals surface area contributed by atoms with E-state index in [0.29, 0.717) is 5.56 Å². The quantitative estimate of drug-likeness (QED) is 0.538. The average Bonchev–Trinajstić information content (AvgIpc) is 2.58. The van der Waals surface area contributed by atoms with E-state index in [1.54, 1.807) is 0 Å². The monoisotopic (exact) mass is 420 g/mol. The maximum atomic E-state index is 11.4. The van der Waals surface area contributed by atoms with Gasteiger partial charge < -0.3 is 5.11 Å². The number of halogens is 1. The molecule has 2 saturated carbocycles. The normalized spacial score (nSPS) is 29.5. The summed E-state index contributed by atoms with van der Waals surface area (Å²) in [6.45, 7) is 3.86. The number of hydrogen-bond acceptors (Lipinski definition) is 1. The Kier molecular flexibility index (Phi) is 6.82. The van der Waals surface area contributed by atoms with Crippen LogP contribution in [-0.4, -0.2) is 15.9 Å². The van der Waals surface area contributed by atoms with E-state index in [4.69, 9.17) is 0 Å². The molecule has 0 atom stereocenters. The summed E-state index contributed by atoms with van der Waals surface area (Å²) in [5.74, 6) is 1.89. The zero-order valence-electron chi connectivity index (χ0n) is 16.3. The molecule has 144 valence electrons. The van der Waals surface area contributed by atoms with Crippen LogP contribution in [0.25, 0.3) is 0 Å². The van der Waals surface area contributed by atoms with E-state index >= 15 is 0 Å². The van der Waals surface area contributed by atoms with Crippen molar-refractivity contribution in [2.24, 2.45) is 17.8 Å². The number of aryl methyl sites for hydroxylation is 2. The van der Waals surface area contributed by atoms with Crippen LogP contribution in [0.1, 0.15) is 84.8 Å². The average molecular weight is 421 g/mol. The second kappa shape index (κ2) is 8.91. The van der Waals surface area contributed by atoms with Gasteiger partial charge in [-0.1, -0.05) is 40.9 Å². The molecule has 0 aromatic heterocycles. The third kappa shape index (κ3) is 5.12. The van der Waals surface area contributed by atoms with Crippen LogP contribution in [-0.2, 0) is 6.42 Å². The van der Waals surface area contributed by atoms with E-state index < -0.39 is 5.97 Å². The minimum atomic E-state index is -0.805. The van der Waals surface area contributed by atoms with Crippen molar-refractivity contribution >= 4 is 21.9 Å². The number of aromatic carboxylic acids is 1. The van der Waals surface area contributed by atoms with Gasteiger partial charge in [0.05, 0.1) is 5.56 Å². The van der Waals surface area contributed by atoms with Gasteiger partial charge in [0.2, 0.25) is 0 Å². The molecule has 0 amide bonds. The molecule has 0 aliphatic heterocycles. The van der Waals surface area contributed by atoms with Gasteiger partial charge in [-0.2, -0.15) is 0 Å². The van der Waals surface area contributed by atoms with E-state index in [9.17, 15) is 9.90 Å². The first kappa shape index (κ1) is 19.9. The fourth-order valence-electron chi connectivity index (χ4n) is 5.34. The molecule has 0 bridgehead atoms. The second-order valence-corrected chi connectivity index (χ2v) is 10.1. The van der Waals surface area contributed by atoms with Gasteiger partial charge in [-0.05, 0) is 99.7 Å². The van der Waals surface area contributed by atoms with Crippen LogP contribution < -0.4 is 0 Å². The Morgan fingerprint density at radius 3 is 1.88 bits per heavy atom. The van der Waals surface area contributed by atoms with Crippen molar-refractivity contribution in [1.82, 2.24) is 0 Å². The van der Waals surface area contributed by atoms with Crippen LogP contribution >= 0.6 is 15.9 Å². The molecule has 0 saturated heterocycles. The van der Waals surface area contributed by atoms with Crippen molar-refractivity contribution in [3.05, 3.63) is 34.4 Å². The number of carbonyl (C=O) groups is 1. The molecule has 2 fully saturated rings. The lowest BCUT2D eigenvalue weighted by Gasteiger charge is -2.33. The zero-order chi connectivity index (χ0) is 18.7. The van der Waals surface area contributed by atoms with Crippen LogP contribution in [0.5, 0.6) is 0 Å². The number of carboxylic acids is 1. The summed E-state index contributed by atoms with van der Waals surface area (Å²) < 4.78 is 0. The summed E-state index contributed by atoms with van der Waals surface area (Å²) in [7, 11) is 0. The predicted octanol–water partition coefficient (Wildman–Crippen LogP) is 6.69. The van der Waals surface area contributed by atoms with E-state index in [-0.39, 0.29) is 0 Å². The van der Waals surface area contributed by atoms with E-state index in [0.717, 1.165) is 40.1 Å². The predicted molar refractivity (Wildman–Crippen MR) is 111 cm³/mol. The van der Waals surface area contributed by atoms with Crippen molar-refractivity contribution in [3.63, 3.8) is 0 Å². The van der Waals surface area contributed by atoms with Crippen molar-refractivity contribution in [1.29, 1.82) is 0 Å². The fourth-order valence-corrected chi connectivity index (χ4v) is 5.87. The van der Waals surface area contributed by atoms with E-state index in [1.165, 1.54) is 63.4 Å². The van der Waals surface area contributed by atoms with Crippen LogP contribution in [0.15, 0.2) is 12.1 Å². The Morgan fingerprint density at radius 2 is 1.38 bits per heavy atom. The molecule has 3 rings (SSSR count). The molecular weight excluding hydrogens is 388 g/mol. The molecule has 0 spiro atoms. The summed E-state index contributed by atoms with van der Waals surface area (Å²) >= 11 is 3.77. The molecule has 2 nitrogen and oxygen atoms in total. The van der Waals surface area contributed by atoms with Gasteiger partial charge in [-0.25, -0.2) is 4.79 Å². The SMILES string of the molecule is Cc1cc(CC2CCC(CC3CCC(Br)CC3)CC2)cc(C)c1C(=O)O. The minimum absolute atomic E-state index is 0.482. The first-order chi connectivity index (χ1) is 12.4. The third-order valence-electron chi connectivity index (χ3n) is 6.74. The first-order valence-corrected chi connectivity index (χ1v) is 11.3. The minimum Gasteiger partial charge on any atom is -0.478 e. The van der Waals surface area contributed by atoms with Crippen LogP contribution in [0.4, 0.5) is 0 Å². The summed E-state index contributed by atoms with van der Waals surface area (Å²) in [5.41, 5.74) is 3.62. The molecule has 2 aliphatic rings. The second-order valence-electron chi connectivity index (χ2n) is 8.85. The summed E-state index contributed by atoms with van der Waals surface area (Å²) in [4.78, 5) is 12.1. The summed E-state index contributed by atoms with van der Waals surface area (Å²) in [6.07, 6.45) is 13.6. The highest BCUT2D eigenvalue weighted by Crippen LogP contribution is 2.39. The van der Waals surface area contributed by atoms with Gasteiger partial charge in [0, 0.05) is 4.83 Å². The smallest absolute Gasteiger partial charge is 0.336 e. The number of hydrogen-bond donors (Lipinski definition) is 1. The van der Waals surface area contributed by atoms with Gasteiger partial charge in [0.25, 0.3) is 0 Å². The van der Waals surface area contributed by atoms with Gasteiger partial charge in [-0.3, -0.25) is 0 Å². The Morgan fingerprint density at radius 1 is 0.923 bits per heavy atom.